The third-order valence-electron chi connectivity index (χ3n) is 10.7. The van der Waals surface area contributed by atoms with Crippen molar-refractivity contribution in [2.75, 3.05) is 12.4 Å². The molecule has 57 heavy (non-hydrogen) atoms. The number of rotatable bonds is 17. The molecule has 0 spiro atoms. The number of carbonyl (C=O) groups is 3. The second kappa shape index (κ2) is 17.2. The van der Waals surface area contributed by atoms with E-state index in [1.165, 1.54) is 16.6 Å². The maximum atomic E-state index is 13.9. The first-order valence-corrected chi connectivity index (χ1v) is 20.5. The SMILES string of the molecule is O=C1NC2CSC(CCCCC(=O)OCCCCCC(=O)OCc3nn4c(nnc5c(=O)n(CCc6c[nH]c7ccccc67)ccc54)c3-c3ccc(F)cc3)C2N1. The van der Waals surface area contributed by atoms with Crippen molar-refractivity contribution in [3.63, 3.8) is 0 Å². The molecule has 0 bridgehead atoms. The number of nitrogens with one attached hydrogen (secondary N) is 3. The molecule has 2 aliphatic rings. The molecule has 0 aliphatic carbocycles. The third kappa shape index (κ3) is 8.50. The number of thioether (sulfide) groups is 1. The van der Waals surface area contributed by atoms with Crippen molar-refractivity contribution in [3.8, 4) is 11.1 Å². The highest BCUT2D eigenvalue weighted by molar-refractivity contribution is 8.00. The molecule has 3 N–H and O–H groups in total. The minimum atomic E-state index is -0.414. The number of pyridine rings is 1. The molecule has 16 heteroatoms. The number of urea groups is 1. The molecule has 8 rings (SSSR count). The van der Waals surface area contributed by atoms with Gasteiger partial charge in [0.15, 0.2) is 11.2 Å². The molecule has 2 amide bonds. The number of aromatic amines is 1. The minimum absolute atomic E-state index is 0.0929. The van der Waals surface area contributed by atoms with Crippen LogP contribution in [0.3, 0.4) is 0 Å². The molecule has 14 nitrogen and oxygen atoms in total. The Morgan fingerprint density at radius 2 is 1.72 bits per heavy atom. The summed E-state index contributed by atoms with van der Waals surface area (Å²) in [7, 11) is 0. The lowest BCUT2D eigenvalue weighted by Crippen LogP contribution is -2.36. The average Bonchev–Trinajstić information content (AvgIpc) is 3.99. The van der Waals surface area contributed by atoms with Gasteiger partial charge < -0.3 is 29.7 Å². The van der Waals surface area contributed by atoms with E-state index in [2.05, 4.69) is 25.8 Å². The van der Waals surface area contributed by atoms with Gasteiger partial charge in [0.1, 0.15) is 23.6 Å². The van der Waals surface area contributed by atoms with E-state index >= 15 is 0 Å². The van der Waals surface area contributed by atoms with Crippen molar-refractivity contribution in [2.24, 2.45) is 0 Å². The van der Waals surface area contributed by atoms with Crippen LogP contribution in [-0.2, 0) is 38.6 Å². The third-order valence-corrected chi connectivity index (χ3v) is 12.2. The van der Waals surface area contributed by atoms with Crippen LogP contribution < -0.4 is 16.2 Å². The Morgan fingerprint density at radius 1 is 0.912 bits per heavy atom. The van der Waals surface area contributed by atoms with Crippen LogP contribution in [0, 0.1) is 5.82 Å². The van der Waals surface area contributed by atoms with Crippen LogP contribution in [0.1, 0.15) is 62.6 Å². The van der Waals surface area contributed by atoms with Crippen molar-refractivity contribution in [1.82, 2.24) is 40.0 Å². The van der Waals surface area contributed by atoms with Gasteiger partial charge in [-0.25, -0.2) is 13.7 Å². The zero-order chi connectivity index (χ0) is 39.3. The number of carbonyl (C=O) groups excluding carboxylic acids is 3. The van der Waals surface area contributed by atoms with Gasteiger partial charge in [-0.05, 0) is 73.9 Å². The monoisotopic (exact) mass is 794 g/mol. The van der Waals surface area contributed by atoms with Gasteiger partial charge in [-0.2, -0.15) is 16.9 Å². The Bertz CT molecular complexity index is 2480. The van der Waals surface area contributed by atoms with E-state index in [0.717, 1.165) is 41.5 Å². The van der Waals surface area contributed by atoms with Crippen LogP contribution in [0.25, 0.3) is 38.7 Å². The van der Waals surface area contributed by atoms with E-state index in [4.69, 9.17) is 14.6 Å². The molecule has 0 saturated carbocycles. The second-order valence-corrected chi connectivity index (χ2v) is 15.8. The fraction of sp³-hybridized carbons (Fsp3) is 0.390. The number of fused-ring (bicyclic) bond motifs is 5. The molecule has 6 aromatic rings. The lowest BCUT2D eigenvalue weighted by molar-refractivity contribution is -0.146. The smallest absolute Gasteiger partial charge is 0.315 e. The Hall–Kier alpha value is -5.77. The quantitative estimate of drug-likeness (QED) is 0.0578. The molecule has 296 valence electrons. The van der Waals surface area contributed by atoms with Crippen LogP contribution in [0.5, 0.6) is 0 Å². The maximum absolute atomic E-state index is 13.9. The first-order chi connectivity index (χ1) is 27.8. The number of ether oxygens (including phenoxy) is 2. The van der Waals surface area contributed by atoms with Crippen molar-refractivity contribution in [3.05, 3.63) is 94.4 Å². The number of unbranched alkanes of at least 4 members (excludes halogenated alkanes) is 3. The van der Waals surface area contributed by atoms with E-state index in [-0.39, 0.29) is 48.2 Å². The number of benzene rings is 2. The van der Waals surface area contributed by atoms with E-state index < -0.39 is 11.8 Å². The van der Waals surface area contributed by atoms with Gasteiger partial charge in [-0.1, -0.05) is 36.8 Å². The van der Waals surface area contributed by atoms with Crippen LogP contribution >= 0.6 is 11.8 Å². The van der Waals surface area contributed by atoms with Gasteiger partial charge >= 0.3 is 18.0 Å². The minimum Gasteiger partial charge on any atom is -0.466 e. The van der Waals surface area contributed by atoms with Crippen molar-refractivity contribution < 1.29 is 28.2 Å². The van der Waals surface area contributed by atoms with Crippen molar-refractivity contribution >= 4 is 57.3 Å². The molecular formula is C41H43FN8O6S. The van der Waals surface area contributed by atoms with Crippen LogP contribution in [0.15, 0.2) is 71.8 Å². The summed E-state index contributed by atoms with van der Waals surface area (Å²) in [6.45, 7) is 0.564. The van der Waals surface area contributed by atoms with Gasteiger partial charge in [0.05, 0.1) is 24.3 Å². The summed E-state index contributed by atoms with van der Waals surface area (Å²) in [6.07, 6.45) is 9.29. The topological polar surface area (TPSA) is 175 Å². The Labute approximate surface area is 330 Å². The molecule has 2 fully saturated rings. The summed E-state index contributed by atoms with van der Waals surface area (Å²) in [4.78, 5) is 53.5. The number of esters is 2. The summed E-state index contributed by atoms with van der Waals surface area (Å²) >= 11 is 1.87. The van der Waals surface area contributed by atoms with E-state index in [1.54, 1.807) is 29.0 Å². The Balaban J connectivity index is 0.833. The number of H-pyrrole nitrogens is 1. The summed E-state index contributed by atoms with van der Waals surface area (Å²) < 4.78 is 28.1. The van der Waals surface area contributed by atoms with Gasteiger partial charge in [0.2, 0.25) is 0 Å². The summed E-state index contributed by atoms with van der Waals surface area (Å²) in [6, 6.07) is 15.9. The first-order valence-electron chi connectivity index (χ1n) is 19.4. The van der Waals surface area contributed by atoms with Crippen LogP contribution in [-0.4, -0.2) is 77.0 Å². The Kier molecular flexibility index (Phi) is 11.5. The summed E-state index contributed by atoms with van der Waals surface area (Å²) in [5, 5.41) is 20.9. The Morgan fingerprint density at radius 3 is 2.58 bits per heavy atom. The molecule has 2 aromatic carbocycles. The highest BCUT2D eigenvalue weighted by atomic mass is 32.2. The van der Waals surface area contributed by atoms with Gasteiger partial charge in [-0.15, -0.1) is 10.2 Å². The lowest BCUT2D eigenvalue weighted by atomic mass is 10.0. The number of nitrogens with zero attached hydrogens (tertiary/aromatic N) is 5. The zero-order valence-electron chi connectivity index (χ0n) is 31.2. The maximum Gasteiger partial charge on any atom is 0.315 e. The molecule has 2 saturated heterocycles. The van der Waals surface area contributed by atoms with Crippen molar-refractivity contribution in [2.45, 2.75) is 88.3 Å². The normalized spacial score (nSPS) is 17.6. The first kappa shape index (κ1) is 38.1. The molecule has 6 heterocycles. The summed E-state index contributed by atoms with van der Waals surface area (Å²) in [5.41, 5.74) is 4.27. The molecule has 4 aromatic heterocycles. The number of halogens is 1. The fourth-order valence-electron chi connectivity index (χ4n) is 7.68. The molecule has 3 atom stereocenters. The number of hydrogen-bond donors (Lipinski definition) is 3. The van der Waals surface area contributed by atoms with Crippen LogP contribution in [0.2, 0.25) is 0 Å². The standard InChI is InChI=1S/C41H43FN8O6S/c42-27-15-13-25(14-16-27)36-30(23-56-35(52)11-2-1-7-21-55-34(51)12-6-5-10-33-37-31(24-57-33)44-41(54)45-37)48-50-32-18-20-49(40(53)38(32)46-47-39(36)50)19-17-26-22-43-29-9-4-3-8-28(26)29/h3-4,8-9,13-16,18,20,22,31,33,37,43H,1-2,5-7,10-12,17,19,21,23-24H2,(H2,44,45,54). The van der Waals surface area contributed by atoms with Crippen molar-refractivity contribution in [1.29, 1.82) is 0 Å². The van der Waals surface area contributed by atoms with Gasteiger partial charge in [0, 0.05) is 53.7 Å². The predicted octanol–water partition coefficient (Wildman–Crippen LogP) is 5.84. The number of para-hydroxylation sites is 1. The molecule has 2 aliphatic heterocycles. The molecule has 3 unspecified atom stereocenters. The van der Waals surface area contributed by atoms with E-state index in [9.17, 15) is 23.6 Å². The molecule has 0 radical (unpaired) electrons. The largest absolute Gasteiger partial charge is 0.466 e. The highest BCUT2D eigenvalue weighted by Crippen LogP contribution is 2.33. The summed E-state index contributed by atoms with van der Waals surface area (Å²) in [5.74, 6) is -0.129. The number of hydrogen-bond acceptors (Lipinski definition) is 10. The molecular weight excluding hydrogens is 752 g/mol. The number of aryl methyl sites for hydroxylation is 2. The average molecular weight is 795 g/mol. The number of aromatic nitrogens is 6. The highest BCUT2D eigenvalue weighted by Gasteiger charge is 2.42. The van der Waals surface area contributed by atoms with Gasteiger partial charge in [0.25, 0.3) is 5.56 Å². The lowest BCUT2D eigenvalue weighted by Gasteiger charge is -2.16. The van der Waals surface area contributed by atoms with E-state index in [1.807, 2.05) is 42.2 Å². The predicted molar refractivity (Wildman–Crippen MR) is 213 cm³/mol. The second-order valence-electron chi connectivity index (χ2n) is 14.5. The zero-order valence-corrected chi connectivity index (χ0v) is 32.1. The van der Waals surface area contributed by atoms with Gasteiger partial charge in [-0.3, -0.25) is 14.4 Å². The number of amides is 2. The van der Waals surface area contributed by atoms with E-state index in [0.29, 0.717) is 78.5 Å². The van der Waals surface area contributed by atoms with Crippen LogP contribution in [0.4, 0.5) is 9.18 Å². The fourth-order valence-corrected chi connectivity index (χ4v) is 9.23.